The van der Waals surface area contributed by atoms with Crippen LogP contribution in [0, 0.1) is 46.5 Å². The summed E-state index contributed by atoms with van der Waals surface area (Å²) in [5, 5.41) is 6.10. The van der Waals surface area contributed by atoms with Gasteiger partial charge in [-0.25, -0.2) is 26.3 Å². The zero-order chi connectivity index (χ0) is 26.1. The Bertz CT molecular complexity index is 1440. The highest BCUT2D eigenvalue weighted by molar-refractivity contribution is 6.02. The molecule has 0 atom stereocenters. The molecule has 0 unspecified atom stereocenters. The topological polar surface area (TPSA) is 69.3 Å². The summed E-state index contributed by atoms with van der Waals surface area (Å²) in [6.45, 7) is -1.31. The van der Waals surface area contributed by atoms with Gasteiger partial charge in [0.2, 0.25) is 11.6 Å². The third-order valence-corrected chi connectivity index (χ3v) is 4.74. The summed E-state index contributed by atoms with van der Waals surface area (Å²) < 4.78 is 119. The molecule has 0 bridgehead atoms. The second-order valence-corrected chi connectivity index (χ2v) is 7.18. The van der Waals surface area contributed by atoms with Crippen LogP contribution in [0.5, 0.6) is 5.75 Å². The first kappa shape index (κ1) is 24.8. The highest BCUT2D eigenvalue weighted by Gasteiger charge is 2.22. The zero-order valence-corrected chi connectivity index (χ0v) is 17.5. The van der Waals surface area contributed by atoms with Gasteiger partial charge in [-0.1, -0.05) is 0 Å². The van der Waals surface area contributed by atoms with E-state index in [2.05, 4.69) is 10.4 Å². The quantitative estimate of drug-likeness (QED) is 0.201. The third-order valence-electron chi connectivity index (χ3n) is 4.74. The molecular weight excluding hydrogens is 506 g/mol. The number of ether oxygens (including phenoxy) is 1. The lowest BCUT2D eigenvalue weighted by atomic mass is 10.2. The van der Waals surface area contributed by atoms with E-state index in [1.165, 1.54) is 6.07 Å². The normalized spacial score (nSPS) is 11.1. The van der Waals surface area contributed by atoms with Crippen molar-refractivity contribution in [1.82, 2.24) is 9.78 Å². The van der Waals surface area contributed by atoms with Crippen molar-refractivity contribution in [3.8, 4) is 5.75 Å². The highest BCUT2D eigenvalue weighted by Crippen LogP contribution is 2.27. The van der Waals surface area contributed by atoms with Gasteiger partial charge in [0.1, 0.15) is 18.2 Å². The van der Waals surface area contributed by atoms with Crippen molar-refractivity contribution in [2.45, 2.75) is 13.2 Å². The first-order chi connectivity index (χ1) is 17.0. The number of hydrogen-bond acceptors (Lipinski definition) is 4. The average Bonchev–Trinajstić information content (AvgIpc) is 3.49. The van der Waals surface area contributed by atoms with Crippen molar-refractivity contribution in [2.75, 3.05) is 5.32 Å². The second-order valence-electron chi connectivity index (χ2n) is 7.18. The largest absolute Gasteiger partial charge is 0.479 e. The summed E-state index contributed by atoms with van der Waals surface area (Å²) in [7, 11) is 0. The monoisotopic (exact) mass is 517 g/mol. The van der Waals surface area contributed by atoms with Gasteiger partial charge in [0.25, 0.3) is 5.91 Å². The van der Waals surface area contributed by atoms with E-state index in [0.29, 0.717) is 0 Å². The van der Waals surface area contributed by atoms with E-state index in [-0.39, 0.29) is 29.3 Å². The van der Waals surface area contributed by atoms with Crippen molar-refractivity contribution < 1.29 is 49.1 Å². The van der Waals surface area contributed by atoms with Gasteiger partial charge in [0.15, 0.2) is 40.6 Å². The SMILES string of the molecule is O=C(Nc1cnn(Cc2c(F)cc(F)c(F)c2F)c1)c1ccc(COc2c(F)c(F)cc(F)c2F)o1. The number of hydrogen-bond donors (Lipinski definition) is 1. The number of aromatic nitrogens is 2. The van der Waals surface area contributed by atoms with E-state index in [0.717, 1.165) is 23.1 Å². The van der Waals surface area contributed by atoms with Crippen molar-refractivity contribution in [2.24, 2.45) is 0 Å². The molecule has 0 spiro atoms. The molecular formula is C22H11F8N3O3. The number of amides is 1. The van der Waals surface area contributed by atoms with Crippen LogP contribution in [-0.4, -0.2) is 15.7 Å². The maximum Gasteiger partial charge on any atom is 0.291 e. The van der Waals surface area contributed by atoms with Crippen LogP contribution in [0.15, 0.2) is 41.1 Å². The van der Waals surface area contributed by atoms with E-state index in [1.54, 1.807) is 0 Å². The number of carbonyl (C=O) groups excluding carboxylic acids is 1. The molecule has 0 radical (unpaired) electrons. The van der Waals surface area contributed by atoms with E-state index in [9.17, 15) is 39.9 Å². The fourth-order valence-corrected chi connectivity index (χ4v) is 3.02. The average molecular weight is 517 g/mol. The molecule has 0 aliphatic rings. The van der Waals surface area contributed by atoms with Crippen molar-refractivity contribution in [3.63, 3.8) is 0 Å². The van der Waals surface area contributed by atoms with E-state index >= 15 is 0 Å². The number of furan rings is 1. The van der Waals surface area contributed by atoms with Crippen LogP contribution in [0.3, 0.4) is 0 Å². The summed E-state index contributed by atoms with van der Waals surface area (Å²) in [6, 6.07) is 2.55. The lowest BCUT2D eigenvalue weighted by Crippen LogP contribution is -2.11. The number of rotatable bonds is 7. The van der Waals surface area contributed by atoms with Gasteiger partial charge in [-0.15, -0.1) is 0 Å². The van der Waals surface area contributed by atoms with Crippen LogP contribution in [-0.2, 0) is 13.2 Å². The summed E-state index contributed by atoms with van der Waals surface area (Å²) in [6.07, 6.45) is 2.22. The molecule has 2 aromatic heterocycles. The molecule has 6 nitrogen and oxygen atoms in total. The summed E-state index contributed by atoms with van der Waals surface area (Å²) in [5.41, 5.74) is -0.770. The molecule has 188 valence electrons. The van der Waals surface area contributed by atoms with Crippen molar-refractivity contribution in [3.05, 3.63) is 100 Å². The van der Waals surface area contributed by atoms with Crippen LogP contribution in [0.1, 0.15) is 21.9 Å². The van der Waals surface area contributed by atoms with Crippen LogP contribution in [0.25, 0.3) is 0 Å². The Morgan fingerprint density at radius 3 is 2.22 bits per heavy atom. The third kappa shape index (κ3) is 4.87. The fraction of sp³-hybridized carbons (Fsp3) is 0.0909. The van der Waals surface area contributed by atoms with E-state index < -0.39 is 76.9 Å². The Balaban J connectivity index is 1.40. The van der Waals surface area contributed by atoms with Gasteiger partial charge in [0.05, 0.1) is 18.4 Å². The molecule has 14 heteroatoms. The predicted octanol–water partition coefficient (Wildman–Crippen LogP) is 5.47. The number of benzene rings is 2. The van der Waals surface area contributed by atoms with Gasteiger partial charge in [-0.2, -0.15) is 13.9 Å². The summed E-state index contributed by atoms with van der Waals surface area (Å²) in [4.78, 5) is 12.3. The molecule has 2 heterocycles. The maximum absolute atomic E-state index is 13.8. The Morgan fingerprint density at radius 1 is 0.889 bits per heavy atom. The number of carbonyl (C=O) groups is 1. The zero-order valence-electron chi connectivity index (χ0n) is 17.5. The van der Waals surface area contributed by atoms with E-state index in [4.69, 9.17) is 9.15 Å². The molecule has 0 fully saturated rings. The van der Waals surface area contributed by atoms with Crippen LogP contribution in [0.4, 0.5) is 40.8 Å². The molecule has 2 aromatic carbocycles. The van der Waals surface area contributed by atoms with Gasteiger partial charge >= 0.3 is 0 Å². The Labute approximate surface area is 195 Å². The van der Waals surface area contributed by atoms with Crippen LogP contribution in [0.2, 0.25) is 0 Å². The fourth-order valence-electron chi connectivity index (χ4n) is 3.02. The Kier molecular flexibility index (Phi) is 6.68. The molecule has 36 heavy (non-hydrogen) atoms. The molecule has 0 saturated heterocycles. The van der Waals surface area contributed by atoms with Gasteiger partial charge < -0.3 is 14.5 Å². The molecule has 4 rings (SSSR count). The lowest BCUT2D eigenvalue weighted by Gasteiger charge is -2.08. The molecule has 0 aliphatic carbocycles. The highest BCUT2D eigenvalue weighted by atomic mass is 19.2. The van der Waals surface area contributed by atoms with E-state index in [1.807, 2.05) is 0 Å². The maximum atomic E-state index is 13.8. The molecule has 1 amide bonds. The van der Waals surface area contributed by atoms with Gasteiger partial charge in [-0.3, -0.25) is 9.48 Å². The number of nitrogens with one attached hydrogen (secondary N) is 1. The Morgan fingerprint density at radius 2 is 1.53 bits per heavy atom. The van der Waals surface area contributed by atoms with Crippen LogP contribution < -0.4 is 10.1 Å². The molecule has 0 aliphatic heterocycles. The van der Waals surface area contributed by atoms with Gasteiger partial charge in [-0.05, 0) is 12.1 Å². The lowest BCUT2D eigenvalue weighted by molar-refractivity contribution is 0.0992. The molecule has 0 saturated carbocycles. The number of nitrogens with zero attached hydrogens (tertiary/aromatic N) is 2. The smallest absolute Gasteiger partial charge is 0.291 e. The predicted molar refractivity (Wildman–Crippen MR) is 105 cm³/mol. The first-order valence-electron chi connectivity index (χ1n) is 9.75. The van der Waals surface area contributed by atoms with Crippen molar-refractivity contribution >= 4 is 11.6 Å². The second kappa shape index (κ2) is 9.71. The first-order valence-corrected chi connectivity index (χ1v) is 9.75. The van der Waals surface area contributed by atoms with Crippen LogP contribution >= 0.6 is 0 Å². The molecule has 1 N–H and O–H groups in total. The standard InChI is InChI=1S/C22H11F8N3O3/c23-12-3-13(24)18(28)17(27)11(12)7-33-6-9(5-31-33)32-22(34)16-2-1-10(36-16)8-35-21-19(29)14(25)4-15(26)20(21)30/h1-6H,7-8H2,(H,32,34). The minimum absolute atomic E-state index is 0.0138. The van der Waals surface area contributed by atoms with Crippen molar-refractivity contribution in [1.29, 1.82) is 0 Å². The summed E-state index contributed by atoms with van der Waals surface area (Å²) in [5.74, 6) is -16.0. The molecule has 4 aromatic rings. The minimum Gasteiger partial charge on any atom is -0.479 e. The Hall–Kier alpha value is -4.36. The number of anilines is 1. The number of halogens is 8. The van der Waals surface area contributed by atoms with Gasteiger partial charge in [0, 0.05) is 23.9 Å². The summed E-state index contributed by atoms with van der Waals surface area (Å²) >= 11 is 0. The minimum atomic E-state index is -1.85.